The minimum Gasteiger partial charge on any atom is -0.317 e. The SMILES string of the molecule is Cc1ccc(S(=O)(=O)n2cccc2CC2C(=O)ON=C2c2ccccc2)cc1. The standard InChI is InChI=1S/C21H18N2O4S/c1-15-9-11-18(12-10-15)28(25,26)23-13-5-8-17(23)14-19-20(22-27-21(19)24)16-6-3-2-4-7-16/h2-13,19H,14H2,1H3. The first-order valence-electron chi connectivity index (χ1n) is 8.79. The van der Waals surface area contributed by atoms with Crippen LogP contribution in [-0.2, 0) is 26.1 Å². The number of rotatable bonds is 5. The number of benzene rings is 2. The summed E-state index contributed by atoms with van der Waals surface area (Å²) in [6.07, 6.45) is 1.66. The summed E-state index contributed by atoms with van der Waals surface area (Å²) < 4.78 is 27.3. The molecular formula is C21H18N2O4S. The molecule has 2 aromatic carbocycles. The number of aryl methyl sites for hydroxylation is 1. The number of carbonyl (C=O) groups is 1. The normalized spacial score (nSPS) is 16.7. The van der Waals surface area contributed by atoms with Crippen LogP contribution in [0.2, 0.25) is 0 Å². The van der Waals surface area contributed by atoms with E-state index in [1.165, 1.54) is 10.2 Å². The van der Waals surface area contributed by atoms with Crippen molar-refractivity contribution >= 4 is 21.7 Å². The lowest BCUT2D eigenvalue weighted by atomic mass is 9.93. The number of carbonyl (C=O) groups excluding carboxylic acids is 1. The van der Waals surface area contributed by atoms with Gasteiger partial charge in [0.25, 0.3) is 10.0 Å². The first-order chi connectivity index (χ1) is 13.5. The lowest BCUT2D eigenvalue weighted by Crippen LogP contribution is -2.24. The molecule has 6 nitrogen and oxygen atoms in total. The Bertz CT molecular complexity index is 1150. The Morgan fingerprint density at radius 3 is 2.43 bits per heavy atom. The number of oxime groups is 1. The maximum absolute atomic E-state index is 13.1. The van der Waals surface area contributed by atoms with Crippen LogP contribution >= 0.6 is 0 Å². The average Bonchev–Trinajstić information content (AvgIpc) is 3.31. The van der Waals surface area contributed by atoms with Crippen LogP contribution in [0.25, 0.3) is 0 Å². The van der Waals surface area contributed by atoms with E-state index in [-0.39, 0.29) is 11.3 Å². The number of hydrogen-bond donors (Lipinski definition) is 0. The van der Waals surface area contributed by atoms with E-state index in [0.29, 0.717) is 11.4 Å². The van der Waals surface area contributed by atoms with Gasteiger partial charge in [0.2, 0.25) is 0 Å². The van der Waals surface area contributed by atoms with Gasteiger partial charge in [-0.2, -0.15) is 0 Å². The van der Waals surface area contributed by atoms with Gasteiger partial charge in [-0.05, 0) is 31.2 Å². The second-order valence-electron chi connectivity index (χ2n) is 6.62. The van der Waals surface area contributed by atoms with Crippen LogP contribution < -0.4 is 0 Å². The molecule has 4 rings (SSSR count). The van der Waals surface area contributed by atoms with Crippen LogP contribution in [0.1, 0.15) is 16.8 Å². The van der Waals surface area contributed by atoms with Crippen LogP contribution in [0.3, 0.4) is 0 Å². The van der Waals surface area contributed by atoms with Gasteiger partial charge in [-0.1, -0.05) is 53.2 Å². The molecule has 0 bridgehead atoms. The highest BCUT2D eigenvalue weighted by Crippen LogP contribution is 2.25. The third-order valence-electron chi connectivity index (χ3n) is 4.70. The maximum atomic E-state index is 13.1. The summed E-state index contributed by atoms with van der Waals surface area (Å²) in [4.78, 5) is 17.3. The van der Waals surface area contributed by atoms with E-state index >= 15 is 0 Å². The Labute approximate surface area is 163 Å². The van der Waals surface area contributed by atoms with Gasteiger partial charge in [-0.15, -0.1) is 0 Å². The first kappa shape index (κ1) is 18.2. The van der Waals surface area contributed by atoms with Crippen molar-refractivity contribution in [2.75, 3.05) is 0 Å². The van der Waals surface area contributed by atoms with Crippen LogP contribution in [0.15, 0.2) is 83.0 Å². The smallest absolute Gasteiger partial charge is 0.317 e. The van der Waals surface area contributed by atoms with Gasteiger partial charge in [-0.25, -0.2) is 17.2 Å². The van der Waals surface area contributed by atoms with Gasteiger partial charge in [0, 0.05) is 23.9 Å². The zero-order valence-electron chi connectivity index (χ0n) is 15.1. The van der Waals surface area contributed by atoms with Gasteiger partial charge in [0.1, 0.15) is 11.6 Å². The molecule has 1 aliphatic rings. The second-order valence-corrected chi connectivity index (χ2v) is 8.44. The molecule has 3 aromatic rings. The molecule has 2 heterocycles. The molecule has 28 heavy (non-hydrogen) atoms. The van der Waals surface area contributed by atoms with Gasteiger partial charge in [0.05, 0.1) is 4.90 Å². The molecule has 1 unspecified atom stereocenters. The summed E-state index contributed by atoms with van der Waals surface area (Å²) in [5, 5.41) is 3.92. The Morgan fingerprint density at radius 1 is 1.00 bits per heavy atom. The molecule has 0 spiro atoms. The number of nitrogens with zero attached hydrogens (tertiary/aromatic N) is 2. The molecule has 7 heteroatoms. The molecule has 0 saturated carbocycles. The second kappa shape index (κ2) is 7.09. The fraction of sp³-hybridized carbons (Fsp3) is 0.143. The maximum Gasteiger partial charge on any atom is 0.344 e. The third-order valence-corrected chi connectivity index (χ3v) is 6.44. The van der Waals surface area contributed by atoms with Crippen molar-refractivity contribution in [2.45, 2.75) is 18.2 Å². The zero-order valence-corrected chi connectivity index (χ0v) is 16.0. The Kier molecular flexibility index (Phi) is 4.60. The lowest BCUT2D eigenvalue weighted by Gasteiger charge is -2.13. The highest BCUT2D eigenvalue weighted by atomic mass is 32.2. The topological polar surface area (TPSA) is 77.7 Å². The summed E-state index contributed by atoms with van der Waals surface area (Å²) in [6, 6.07) is 19.3. The van der Waals surface area contributed by atoms with Crippen LogP contribution in [0, 0.1) is 12.8 Å². The molecule has 0 aliphatic carbocycles. The summed E-state index contributed by atoms with van der Waals surface area (Å²) in [6.45, 7) is 1.90. The van der Waals surface area contributed by atoms with Crippen molar-refractivity contribution in [3.05, 3.63) is 89.7 Å². The molecular weight excluding hydrogens is 376 g/mol. The largest absolute Gasteiger partial charge is 0.344 e. The summed E-state index contributed by atoms with van der Waals surface area (Å²) in [5.41, 5.74) is 2.75. The van der Waals surface area contributed by atoms with E-state index in [2.05, 4.69) is 5.16 Å². The molecule has 0 fully saturated rings. The van der Waals surface area contributed by atoms with Crippen molar-refractivity contribution in [2.24, 2.45) is 11.1 Å². The Balaban J connectivity index is 1.67. The van der Waals surface area contributed by atoms with E-state index in [1.54, 1.807) is 36.4 Å². The monoisotopic (exact) mass is 394 g/mol. The van der Waals surface area contributed by atoms with Crippen molar-refractivity contribution < 1.29 is 18.0 Å². The number of hydrogen-bond acceptors (Lipinski definition) is 5. The minimum atomic E-state index is -3.76. The molecule has 142 valence electrons. The summed E-state index contributed by atoms with van der Waals surface area (Å²) in [5.74, 6) is -1.15. The quantitative estimate of drug-likeness (QED) is 0.623. The van der Waals surface area contributed by atoms with Gasteiger partial charge in [-0.3, -0.25) is 0 Å². The predicted octanol–water partition coefficient (Wildman–Crippen LogP) is 3.15. The van der Waals surface area contributed by atoms with Crippen LogP contribution in [0.5, 0.6) is 0 Å². The molecule has 0 N–H and O–H groups in total. The van der Waals surface area contributed by atoms with E-state index in [4.69, 9.17) is 4.84 Å². The zero-order chi connectivity index (χ0) is 19.7. The highest BCUT2D eigenvalue weighted by molar-refractivity contribution is 7.90. The van der Waals surface area contributed by atoms with E-state index in [9.17, 15) is 13.2 Å². The summed E-state index contributed by atoms with van der Waals surface area (Å²) >= 11 is 0. The van der Waals surface area contributed by atoms with Gasteiger partial charge < -0.3 is 4.84 Å². The molecule has 1 aliphatic heterocycles. The fourth-order valence-corrected chi connectivity index (χ4v) is 4.58. The Morgan fingerprint density at radius 2 is 1.71 bits per heavy atom. The van der Waals surface area contributed by atoms with Crippen molar-refractivity contribution in [3.63, 3.8) is 0 Å². The first-order valence-corrected chi connectivity index (χ1v) is 10.2. The van der Waals surface area contributed by atoms with E-state index in [0.717, 1.165) is 11.1 Å². The highest BCUT2D eigenvalue weighted by Gasteiger charge is 2.35. The molecule has 0 radical (unpaired) electrons. The van der Waals surface area contributed by atoms with Crippen molar-refractivity contribution in [1.29, 1.82) is 0 Å². The fourth-order valence-electron chi connectivity index (χ4n) is 3.20. The molecule has 1 aromatic heterocycles. The van der Waals surface area contributed by atoms with Crippen LogP contribution in [-0.4, -0.2) is 24.1 Å². The lowest BCUT2D eigenvalue weighted by molar-refractivity contribution is -0.143. The van der Waals surface area contributed by atoms with Crippen LogP contribution in [0.4, 0.5) is 0 Å². The minimum absolute atomic E-state index is 0.171. The van der Waals surface area contributed by atoms with Crippen molar-refractivity contribution in [3.8, 4) is 0 Å². The average molecular weight is 394 g/mol. The third kappa shape index (κ3) is 3.25. The molecule has 0 amide bonds. The van der Waals surface area contributed by atoms with Gasteiger partial charge in [0.15, 0.2) is 0 Å². The van der Waals surface area contributed by atoms with Gasteiger partial charge >= 0.3 is 5.97 Å². The van der Waals surface area contributed by atoms with Crippen molar-refractivity contribution in [1.82, 2.24) is 3.97 Å². The molecule has 1 atom stereocenters. The van der Waals surface area contributed by atoms with E-state index < -0.39 is 21.9 Å². The molecule has 0 saturated heterocycles. The Hall–Kier alpha value is -3.19. The predicted molar refractivity (Wildman–Crippen MR) is 104 cm³/mol. The van der Waals surface area contributed by atoms with E-state index in [1.807, 2.05) is 37.3 Å². The number of aromatic nitrogens is 1. The summed E-state index contributed by atoms with van der Waals surface area (Å²) in [7, 11) is -3.76.